The van der Waals surface area contributed by atoms with Crippen molar-refractivity contribution in [3.8, 4) is 0 Å². The Labute approximate surface area is 103 Å². The van der Waals surface area contributed by atoms with Crippen LogP contribution in [0.4, 0.5) is 4.79 Å². The first-order chi connectivity index (χ1) is 7.92. The number of nitrogens with one attached hydrogen (secondary N) is 1. The highest BCUT2D eigenvalue weighted by molar-refractivity contribution is 5.67. The summed E-state index contributed by atoms with van der Waals surface area (Å²) in [4.78, 5) is 18.8. The van der Waals surface area contributed by atoms with Crippen molar-refractivity contribution in [2.24, 2.45) is 0 Å². The number of carbonyl (C=O) groups is 1. The molecule has 1 fully saturated rings. The summed E-state index contributed by atoms with van der Waals surface area (Å²) in [7, 11) is 0. The molecule has 1 amide bonds. The first kappa shape index (κ1) is 14.3. The highest BCUT2D eigenvalue weighted by Crippen LogP contribution is 2.13. The molecule has 0 bridgehead atoms. The maximum atomic E-state index is 11.5. The SMILES string of the molecule is CCOC(=O)N1CCC(NOC(C)(C)C)CC1. The van der Waals surface area contributed by atoms with E-state index in [-0.39, 0.29) is 11.7 Å². The summed E-state index contributed by atoms with van der Waals surface area (Å²) in [6, 6.07) is 0.319. The lowest BCUT2D eigenvalue weighted by atomic mass is 10.1. The Hall–Kier alpha value is -0.810. The minimum atomic E-state index is -0.206. The molecule has 5 heteroatoms. The lowest BCUT2D eigenvalue weighted by Crippen LogP contribution is -2.46. The van der Waals surface area contributed by atoms with Crippen molar-refractivity contribution in [1.82, 2.24) is 10.4 Å². The van der Waals surface area contributed by atoms with E-state index in [2.05, 4.69) is 5.48 Å². The van der Waals surface area contributed by atoms with Crippen LogP contribution in [-0.2, 0) is 9.57 Å². The Kier molecular flexibility index (Phi) is 5.21. The van der Waals surface area contributed by atoms with E-state index in [9.17, 15) is 4.79 Å². The van der Waals surface area contributed by atoms with E-state index in [1.54, 1.807) is 4.90 Å². The lowest BCUT2D eigenvalue weighted by Gasteiger charge is -2.33. The molecule has 1 rings (SSSR count). The quantitative estimate of drug-likeness (QED) is 0.771. The van der Waals surface area contributed by atoms with Gasteiger partial charge in [0.25, 0.3) is 0 Å². The predicted molar refractivity (Wildman–Crippen MR) is 65.6 cm³/mol. The van der Waals surface area contributed by atoms with Crippen LogP contribution in [0.1, 0.15) is 40.5 Å². The van der Waals surface area contributed by atoms with Crippen molar-refractivity contribution < 1.29 is 14.4 Å². The average Bonchev–Trinajstić information content (AvgIpc) is 2.26. The monoisotopic (exact) mass is 244 g/mol. The topological polar surface area (TPSA) is 50.8 Å². The Morgan fingerprint density at radius 2 is 1.94 bits per heavy atom. The van der Waals surface area contributed by atoms with Crippen molar-refractivity contribution in [3.05, 3.63) is 0 Å². The summed E-state index contributed by atoms with van der Waals surface area (Å²) in [5.74, 6) is 0. The van der Waals surface area contributed by atoms with Gasteiger partial charge in [0.1, 0.15) is 0 Å². The molecule has 0 saturated carbocycles. The Bertz CT molecular complexity index is 243. The van der Waals surface area contributed by atoms with E-state index in [1.165, 1.54) is 0 Å². The third kappa shape index (κ3) is 5.37. The zero-order valence-corrected chi connectivity index (χ0v) is 11.3. The van der Waals surface area contributed by atoms with Gasteiger partial charge < -0.3 is 9.64 Å². The molecule has 1 heterocycles. The summed E-state index contributed by atoms with van der Waals surface area (Å²) in [5, 5.41) is 0. The summed E-state index contributed by atoms with van der Waals surface area (Å²) >= 11 is 0. The normalized spacial score (nSPS) is 18.2. The van der Waals surface area contributed by atoms with Crippen LogP contribution >= 0.6 is 0 Å². The van der Waals surface area contributed by atoms with Crippen LogP contribution in [0.5, 0.6) is 0 Å². The van der Waals surface area contributed by atoms with Gasteiger partial charge in [-0.15, -0.1) is 0 Å². The van der Waals surface area contributed by atoms with Gasteiger partial charge in [-0.1, -0.05) is 0 Å². The molecule has 0 radical (unpaired) electrons. The Morgan fingerprint density at radius 1 is 1.35 bits per heavy atom. The number of amides is 1. The Morgan fingerprint density at radius 3 is 2.41 bits per heavy atom. The van der Waals surface area contributed by atoms with E-state index >= 15 is 0 Å². The van der Waals surface area contributed by atoms with Crippen LogP contribution in [0.3, 0.4) is 0 Å². The van der Waals surface area contributed by atoms with Gasteiger partial charge in [0.05, 0.1) is 12.2 Å². The number of carbonyl (C=O) groups excluding carboxylic acids is 1. The van der Waals surface area contributed by atoms with Gasteiger partial charge in [-0.05, 0) is 40.5 Å². The standard InChI is InChI=1S/C12H24N2O3/c1-5-16-11(15)14-8-6-10(7-9-14)13-17-12(2,3)4/h10,13H,5-9H2,1-4H3. The molecule has 1 saturated heterocycles. The molecular weight excluding hydrogens is 220 g/mol. The van der Waals surface area contributed by atoms with E-state index in [1.807, 2.05) is 27.7 Å². The lowest BCUT2D eigenvalue weighted by molar-refractivity contribution is -0.0947. The molecule has 1 N–H and O–H groups in total. The van der Waals surface area contributed by atoms with Crippen molar-refractivity contribution in [2.45, 2.75) is 52.2 Å². The van der Waals surface area contributed by atoms with Crippen LogP contribution in [0.2, 0.25) is 0 Å². The van der Waals surface area contributed by atoms with Crippen LogP contribution in [-0.4, -0.2) is 42.3 Å². The maximum Gasteiger partial charge on any atom is 0.409 e. The van der Waals surface area contributed by atoms with Crippen molar-refractivity contribution >= 4 is 6.09 Å². The third-order valence-corrected chi connectivity index (χ3v) is 2.55. The summed E-state index contributed by atoms with van der Waals surface area (Å²) < 4.78 is 4.97. The molecule has 5 nitrogen and oxygen atoms in total. The zero-order valence-electron chi connectivity index (χ0n) is 11.3. The van der Waals surface area contributed by atoms with Gasteiger partial charge in [0.2, 0.25) is 0 Å². The predicted octanol–water partition coefficient (Wildman–Crippen LogP) is 1.93. The molecule has 1 aliphatic rings. The molecule has 0 aromatic carbocycles. The van der Waals surface area contributed by atoms with E-state index in [0.29, 0.717) is 12.6 Å². The number of hydrogen-bond acceptors (Lipinski definition) is 4. The van der Waals surface area contributed by atoms with Crippen molar-refractivity contribution in [3.63, 3.8) is 0 Å². The average molecular weight is 244 g/mol. The number of ether oxygens (including phenoxy) is 1. The molecule has 100 valence electrons. The van der Waals surface area contributed by atoms with E-state index in [0.717, 1.165) is 25.9 Å². The first-order valence-corrected chi connectivity index (χ1v) is 6.27. The maximum absolute atomic E-state index is 11.5. The highest BCUT2D eigenvalue weighted by Gasteiger charge is 2.24. The van der Waals surface area contributed by atoms with Gasteiger partial charge in [-0.3, -0.25) is 4.84 Å². The van der Waals surface area contributed by atoms with Gasteiger partial charge >= 0.3 is 6.09 Å². The number of rotatable bonds is 3. The third-order valence-electron chi connectivity index (χ3n) is 2.55. The minimum absolute atomic E-state index is 0.182. The molecule has 17 heavy (non-hydrogen) atoms. The highest BCUT2D eigenvalue weighted by atomic mass is 16.7. The Balaban J connectivity index is 2.24. The zero-order chi connectivity index (χ0) is 12.9. The summed E-state index contributed by atoms with van der Waals surface area (Å²) in [6.45, 7) is 9.73. The smallest absolute Gasteiger partial charge is 0.409 e. The summed E-state index contributed by atoms with van der Waals surface area (Å²) in [6.07, 6.45) is 1.59. The largest absolute Gasteiger partial charge is 0.450 e. The molecule has 0 atom stereocenters. The van der Waals surface area contributed by atoms with Crippen LogP contribution < -0.4 is 5.48 Å². The molecule has 0 spiro atoms. The fourth-order valence-electron chi connectivity index (χ4n) is 1.65. The second-order valence-electron chi connectivity index (χ2n) is 5.29. The summed E-state index contributed by atoms with van der Waals surface area (Å²) in [5.41, 5.74) is 2.89. The molecular formula is C12H24N2O3. The number of hydrogen-bond donors (Lipinski definition) is 1. The second-order valence-corrected chi connectivity index (χ2v) is 5.29. The molecule has 1 aliphatic heterocycles. The van der Waals surface area contributed by atoms with Crippen LogP contribution in [0, 0.1) is 0 Å². The number of piperidine rings is 1. The van der Waals surface area contributed by atoms with Gasteiger partial charge in [0.15, 0.2) is 0 Å². The minimum Gasteiger partial charge on any atom is -0.450 e. The van der Waals surface area contributed by atoms with Crippen LogP contribution in [0.15, 0.2) is 0 Å². The molecule has 0 unspecified atom stereocenters. The van der Waals surface area contributed by atoms with Crippen molar-refractivity contribution in [2.75, 3.05) is 19.7 Å². The fraction of sp³-hybridized carbons (Fsp3) is 0.917. The van der Waals surface area contributed by atoms with E-state index < -0.39 is 0 Å². The van der Waals surface area contributed by atoms with Crippen molar-refractivity contribution in [1.29, 1.82) is 0 Å². The number of hydroxylamine groups is 1. The number of nitrogens with zero attached hydrogens (tertiary/aromatic N) is 1. The van der Waals surface area contributed by atoms with Gasteiger partial charge in [-0.25, -0.2) is 4.79 Å². The van der Waals surface area contributed by atoms with Gasteiger partial charge in [-0.2, -0.15) is 5.48 Å². The second kappa shape index (κ2) is 6.21. The van der Waals surface area contributed by atoms with Gasteiger partial charge in [0, 0.05) is 19.1 Å². The first-order valence-electron chi connectivity index (χ1n) is 6.27. The molecule has 0 aliphatic carbocycles. The van der Waals surface area contributed by atoms with Crippen LogP contribution in [0.25, 0.3) is 0 Å². The molecule has 0 aromatic rings. The molecule has 0 aromatic heterocycles. The van der Waals surface area contributed by atoms with E-state index in [4.69, 9.17) is 9.57 Å². The fourth-order valence-corrected chi connectivity index (χ4v) is 1.65. The number of likely N-dealkylation sites (tertiary alicyclic amines) is 1.